The average molecular weight is 235 g/mol. The molecule has 1 aliphatic rings. The van der Waals surface area contributed by atoms with Gasteiger partial charge in [-0.3, -0.25) is 0 Å². The quantitative estimate of drug-likeness (QED) is 0.848. The van der Waals surface area contributed by atoms with Gasteiger partial charge in [0.2, 0.25) is 0 Å². The maximum atomic E-state index is 5.95. The molecule has 0 saturated carbocycles. The van der Waals surface area contributed by atoms with Gasteiger partial charge in [-0.25, -0.2) is 0 Å². The molecule has 94 valence electrons. The molecule has 1 fully saturated rings. The highest BCUT2D eigenvalue weighted by molar-refractivity contribution is 5.18. The van der Waals surface area contributed by atoms with Crippen molar-refractivity contribution in [2.75, 3.05) is 26.9 Å². The van der Waals surface area contributed by atoms with E-state index in [1.807, 2.05) is 13.1 Å². The highest BCUT2D eigenvalue weighted by Gasteiger charge is 2.16. The molecule has 1 unspecified atom stereocenters. The maximum absolute atomic E-state index is 5.95. The van der Waals surface area contributed by atoms with Crippen molar-refractivity contribution in [2.24, 2.45) is 0 Å². The highest BCUT2D eigenvalue weighted by atomic mass is 16.5. The van der Waals surface area contributed by atoms with Crippen LogP contribution in [0, 0.1) is 0 Å². The van der Waals surface area contributed by atoms with E-state index in [9.17, 15) is 0 Å². The fraction of sp³-hybridized carbons (Fsp3) is 0.571. The van der Waals surface area contributed by atoms with Gasteiger partial charge in [-0.05, 0) is 25.5 Å². The van der Waals surface area contributed by atoms with E-state index in [0.29, 0.717) is 6.10 Å². The third kappa shape index (κ3) is 3.80. The Balaban J connectivity index is 1.83. The zero-order valence-corrected chi connectivity index (χ0v) is 10.4. The SMILES string of the molecule is CNC(COC1CCOCC1)c1ccccc1. The Bertz CT molecular complexity index is 309. The Kier molecular flexibility index (Phi) is 4.98. The lowest BCUT2D eigenvalue weighted by atomic mass is 10.1. The molecule has 0 aromatic heterocycles. The van der Waals surface area contributed by atoms with Crippen molar-refractivity contribution < 1.29 is 9.47 Å². The Morgan fingerprint density at radius 3 is 2.65 bits per heavy atom. The predicted octanol–water partition coefficient (Wildman–Crippen LogP) is 2.14. The van der Waals surface area contributed by atoms with Gasteiger partial charge in [0.15, 0.2) is 0 Å². The normalized spacial score (nSPS) is 19.1. The summed E-state index contributed by atoms with van der Waals surface area (Å²) in [5.74, 6) is 0. The largest absolute Gasteiger partial charge is 0.381 e. The Morgan fingerprint density at radius 1 is 1.29 bits per heavy atom. The summed E-state index contributed by atoms with van der Waals surface area (Å²) in [5, 5.41) is 3.30. The summed E-state index contributed by atoms with van der Waals surface area (Å²) >= 11 is 0. The van der Waals surface area contributed by atoms with Crippen molar-refractivity contribution in [3.8, 4) is 0 Å². The van der Waals surface area contributed by atoms with Gasteiger partial charge in [-0.15, -0.1) is 0 Å². The molecule has 1 aromatic rings. The van der Waals surface area contributed by atoms with Crippen molar-refractivity contribution in [1.29, 1.82) is 0 Å². The number of ether oxygens (including phenoxy) is 2. The Hall–Kier alpha value is -0.900. The number of hydrogen-bond donors (Lipinski definition) is 1. The summed E-state index contributed by atoms with van der Waals surface area (Å²) in [6.07, 6.45) is 2.40. The minimum absolute atomic E-state index is 0.277. The van der Waals surface area contributed by atoms with Gasteiger partial charge in [0.05, 0.1) is 18.8 Å². The molecular weight excluding hydrogens is 214 g/mol. The van der Waals surface area contributed by atoms with E-state index in [0.717, 1.165) is 32.7 Å². The zero-order chi connectivity index (χ0) is 11.9. The smallest absolute Gasteiger partial charge is 0.0665 e. The van der Waals surface area contributed by atoms with Crippen molar-refractivity contribution in [1.82, 2.24) is 5.32 Å². The van der Waals surface area contributed by atoms with Gasteiger partial charge < -0.3 is 14.8 Å². The first kappa shape index (κ1) is 12.6. The molecule has 17 heavy (non-hydrogen) atoms. The summed E-state index contributed by atoms with van der Waals surface area (Å²) in [7, 11) is 1.98. The topological polar surface area (TPSA) is 30.5 Å². The van der Waals surface area contributed by atoms with E-state index < -0.39 is 0 Å². The van der Waals surface area contributed by atoms with Crippen LogP contribution >= 0.6 is 0 Å². The molecule has 1 atom stereocenters. The first-order valence-corrected chi connectivity index (χ1v) is 6.31. The van der Waals surface area contributed by atoms with E-state index in [-0.39, 0.29) is 6.04 Å². The van der Waals surface area contributed by atoms with Gasteiger partial charge in [0.1, 0.15) is 0 Å². The van der Waals surface area contributed by atoms with E-state index in [2.05, 4.69) is 29.6 Å². The molecule has 2 rings (SSSR count). The van der Waals surface area contributed by atoms with Gasteiger partial charge in [0.25, 0.3) is 0 Å². The minimum atomic E-state index is 0.277. The van der Waals surface area contributed by atoms with Crippen LogP contribution in [-0.4, -0.2) is 33.0 Å². The van der Waals surface area contributed by atoms with Crippen molar-refractivity contribution in [3.05, 3.63) is 35.9 Å². The monoisotopic (exact) mass is 235 g/mol. The van der Waals surface area contributed by atoms with Gasteiger partial charge in [-0.1, -0.05) is 30.3 Å². The van der Waals surface area contributed by atoms with Crippen LogP contribution in [0.25, 0.3) is 0 Å². The third-order valence-electron chi connectivity index (χ3n) is 3.22. The number of likely N-dealkylation sites (N-methyl/N-ethyl adjacent to an activating group) is 1. The molecular formula is C14H21NO2. The van der Waals surface area contributed by atoms with E-state index >= 15 is 0 Å². The molecule has 1 N–H and O–H groups in total. The lowest BCUT2D eigenvalue weighted by Crippen LogP contribution is -2.28. The van der Waals surface area contributed by atoms with E-state index in [4.69, 9.17) is 9.47 Å². The summed E-state index contributed by atoms with van der Waals surface area (Å²) in [6, 6.07) is 10.7. The van der Waals surface area contributed by atoms with Gasteiger partial charge in [-0.2, -0.15) is 0 Å². The van der Waals surface area contributed by atoms with Gasteiger partial charge in [0, 0.05) is 13.2 Å². The van der Waals surface area contributed by atoms with Crippen LogP contribution in [0.2, 0.25) is 0 Å². The lowest BCUT2D eigenvalue weighted by molar-refractivity contribution is -0.0378. The maximum Gasteiger partial charge on any atom is 0.0665 e. The van der Waals surface area contributed by atoms with Crippen LogP contribution in [0.3, 0.4) is 0 Å². The van der Waals surface area contributed by atoms with Crippen LogP contribution in [0.1, 0.15) is 24.4 Å². The van der Waals surface area contributed by atoms with Crippen LogP contribution in [0.5, 0.6) is 0 Å². The molecule has 0 bridgehead atoms. The molecule has 1 heterocycles. The second kappa shape index (κ2) is 6.74. The summed E-state index contributed by atoms with van der Waals surface area (Å²) < 4.78 is 11.3. The fourth-order valence-electron chi connectivity index (χ4n) is 2.11. The molecule has 1 aromatic carbocycles. The van der Waals surface area contributed by atoms with E-state index in [1.54, 1.807) is 0 Å². The molecule has 1 saturated heterocycles. The number of nitrogens with one attached hydrogen (secondary N) is 1. The summed E-state index contributed by atoms with van der Waals surface area (Å²) in [5.41, 5.74) is 1.28. The fourth-order valence-corrected chi connectivity index (χ4v) is 2.11. The van der Waals surface area contributed by atoms with Crippen molar-refractivity contribution in [2.45, 2.75) is 25.0 Å². The third-order valence-corrected chi connectivity index (χ3v) is 3.22. The first-order valence-electron chi connectivity index (χ1n) is 6.31. The van der Waals surface area contributed by atoms with Gasteiger partial charge >= 0.3 is 0 Å². The standard InChI is InChI=1S/C14H21NO2/c1-15-14(12-5-3-2-4-6-12)11-17-13-7-9-16-10-8-13/h2-6,13-15H,7-11H2,1H3. The van der Waals surface area contributed by atoms with Crippen molar-refractivity contribution >= 4 is 0 Å². The lowest BCUT2D eigenvalue weighted by Gasteiger charge is -2.25. The number of rotatable bonds is 5. The number of benzene rings is 1. The van der Waals surface area contributed by atoms with E-state index in [1.165, 1.54) is 5.56 Å². The molecule has 1 aliphatic heterocycles. The van der Waals surface area contributed by atoms with Crippen LogP contribution in [0.4, 0.5) is 0 Å². The molecule has 0 amide bonds. The van der Waals surface area contributed by atoms with Crippen molar-refractivity contribution in [3.63, 3.8) is 0 Å². The van der Waals surface area contributed by atoms with Crippen LogP contribution in [0.15, 0.2) is 30.3 Å². The summed E-state index contributed by atoms with van der Waals surface area (Å²) in [4.78, 5) is 0. The second-order valence-electron chi connectivity index (χ2n) is 4.40. The second-order valence-corrected chi connectivity index (χ2v) is 4.40. The zero-order valence-electron chi connectivity index (χ0n) is 10.4. The van der Waals surface area contributed by atoms with Crippen LogP contribution < -0.4 is 5.32 Å². The highest BCUT2D eigenvalue weighted by Crippen LogP contribution is 2.16. The number of hydrogen-bond acceptors (Lipinski definition) is 3. The van der Waals surface area contributed by atoms with Crippen LogP contribution in [-0.2, 0) is 9.47 Å². The molecule has 3 heteroatoms. The molecule has 0 spiro atoms. The predicted molar refractivity (Wildman–Crippen MR) is 68.0 cm³/mol. The first-order chi connectivity index (χ1) is 8.40. The molecule has 3 nitrogen and oxygen atoms in total. The minimum Gasteiger partial charge on any atom is -0.381 e. The average Bonchev–Trinajstić information content (AvgIpc) is 2.42. The molecule has 0 aliphatic carbocycles. The Morgan fingerprint density at radius 2 is 2.00 bits per heavy atom. The summed E-state index contributed by atoms with van der Waals surface area (Å²) in [6.45, 7) is 2.39. The Labute approximate surface area is 103 Å². The molecule has 0 radical (unpaired) electrons.